The summed E-state index contributed by atoms with van der Waals surface area (Å²) in [4.78, 5) is 25.4. The van der Waals surface area contributed by atoms with Gasteiger partial charge in [-0.05, 0) is 55.8 Å². The van der Waals surface area contributed by atoms with Gasteiger partial charge in [-0.2, -0.15) is 0 Å². The summed E-state index contributed by atoms with van der Waals surface area (Å²) in [5, 5.41) is 2.64. The molecule has 3 rings (SSSR count). The molecule has 1 heterocycles. The fourth-order valence-corrected chi connectivity index (χ4v) is 4.65. The molecule has 0 atom stereocenters. The minimum absolute atomic E-state index is 0.0155. The lowest BCUT2D eigenvalue weighted by Gasteiger charge is -2.18. The summed E-state index contributed by atoms with van der Waals surface area (Å²) in [5.74, 6) is -0.319. The summed E-state index contributed by atoms with van der Waals surface area (Å²) in [6.45, 7) is 4.98. The van der Waals surface area contributed by atoms with Gasteiger partial charge < -0.3 is 10.2 Å². The normalized spacial score (nSPS) is 13.0. The number of rotatable bonds is 6. The molecule has 0 aliphatic carbocycles. The van der Waals surface area contributed by atoms with Crippen LogP contribution in [-0.4, -0.2) is 38.2 Å². The number of nitrogens with zero attached hydrogens (tertiary/aromatic N) is 1. The van der Waals surface area contributed by atoms with E-state index in [1.807, 2.05) is 13.8 Å². The summed E-state index contributed by atoms with van der Waals surface area (Å²) in [5.41, 5.74) is 1.89. The number of amides is 2. The first kappa shape index (κ1) is 20.2. The molecule has 0 radical (unpaired) electrons. The topological polar surface area (TPSA) is 95.6 Å². The summed E-state index contributed by atoms with van der Waals surface area (Å²) in [6, 6.07) is 9.04. The molecule has 9 heteroatoms. The van der Waals surface area contributed by atoms with Crippen molar-refractivity contribution in [3.8, 4) is 0 Å². The molecule has 1 aliphatic heterocycles. The highest BCUT2D eigenvalue weighted by Gasteiger charge is 2.25. The molecule has 1 aliphatic rings. The largest absolute Gasteiger partial charge is 0.339 e. The van der Waals surface area contributed by atoms with Gasteiger partial charge in [-0.1, -0.05) is 11.6 Å². The van der Waals surface area contributed by atoms with Crippen LogP contribution in [0.5, 0.6) is 0 Å². The van der Waals surface area contributed by atoms with Crippen LogP contribution < -0.4 is 10.0 Å². The van der Waals surface area contributed by atoms with Crippen LogP contribution in [-0.2, 0) is 21.2 Å². The number of benzene rings is 2. The van der Waals surface area contributed by atoms with Gasteiger partial charge in [0.1, 0.15) is 4.90 Å². The van der Waals surface area contributed by atoms with Crippen molar-refractivity contribution in [1.29, 1.82) is 0 Å². The number of carbonyl (C=O) groups is 2. The summed E-state index contributed by atoms with van der Waals surface area (Å²) in [6.07, 6.45) is 0.108. The average Bonchev–Trinajstić information content (AvgIpc) is 3.01. The van der Waals surface area contributed by atoms with E-state index >= 15 is 0 Å². The molecule has 0 bridgehead atoms. The predicted octanol–water partition coefficient (Wildman–Crippen LogP) is 3.12. The van der Waals surface area contributed by atoms with Crippen molar-refractivity contribution in [3.63, 3.8) is 0 Å². The SMILES string of the molecule is CCN(CC)C(=O)c1ccc(NS(=O)(=O)c2cc3c(cc2Cl)NC(=O)C3)cc1. The molecule has 0 saturated carbocycles. The standard InChI is InChI=1S/C19H20ClN3O4S/c1-3-23(4-2)19(25)12-5-7-14(8-6-12)22-28(26,27)17-9-13-10-18(24)21-16(13)11-15(17)20/h5-9,11,22H,3-4,10H2,1-2H3,(H,21,24). The van der Waals surface area contributed by atoms with Crippen molar-refractivity contribution in [2.24, 2.45) is 0 Å². The van der Waals surface area contributed by atoms with Gasteiger partial charge in [-0.3, -0.25) is 14.3 Å². The van der Waals surface area contributed by atoms with Gasteiger partial charge in [0, 0.05) is 30.0 Å². The van der Waals surface area contributed by atoms with Gasteiger partial charge in [0.05, 0.1) is 11.4 Å². The molecule has 148 valence electrons. The number of fused-ring (bicyclic) bond motifs is 1. The van der Waals surface area contributed by atoms with E-state index in [4.69, 9.17) is 11.6 Å². The van der Waals surface area contributed by atoms with Crippen LogP contribution in [0.15, 0.2) is 41.3 Å². The Morgan fingerprint density at radius 1 is 1.18 bits per heavy atom. The Kier molecular flexibility index (Phi) is 5.62. The van der Waals surface area contributed by atoms with Crippen LogP contribution in [0.25, 0.3) is 0 Å². The van der Waals surface area contributed by atoms with Gasteiger partial charge in [0.15, 0.2) is 0 Å². The first-order chi connectivity index (χ1) is 13.2. The molecule has 0 unspecified atom stereocenters. The molecule has 0 aromatic heterocycles. The minimum Gasteiger partial charge on any atom is -0.339 e. The van der Waals surface area contributed by atoms with E-state index in [1.165, 1.54) is 24.3 Å². The van der Waals surface area contributed by atoms with Crippen LogP contribution >= 0.6 is 11.6 Å². The number of anilines is 2. The number of carbonyl (C=O) groups excluding carboxylic acids is 2. The zero-order valence-electron chi connectivity index (χ0n) is 15.5. The Hall–Kier alpha value is -2.58. The van der Waals surface area contributed by atoms with E-state index in [1.54, 1.807) is 17.0 Å². The Labute approximate surface area is 168 Å². The lowest BCUT2D eigenvalue weighted by Crippen LogP contribution is -2.30. The van der Waals surface area contributed by atoms with Crippen LogP contribution in [0.3, 0.4) is 0 Å². The van der Waals surface area contributed by atoms with Crippen LogP contribution in [0.4, 0.5) is 11.4 Å². The molecule has 7 nitrogen and oxygen atoms in total. The van der Waals surface area contributed by atoms with Crippen molar-refractivity contribution in [1.82, 2.24) is 4.90 Å². The van der Waals surface area contributed by atoms with Crippen LogP contribution in [0, 0.1) is 0 Å². The van der Waals surface area contributed by atoms with Crippen molar-refractivity contribution in [3.05, 3.63) is 52.5 Å². The molecule has 0 saturated heterocycles. The third-order valence-electron chi connectivity index (χ3n) is 4.51. The maximum Gasteiger partial charge on any atom is 0.263 e. The Morgan fingerprint density at radius 3 is 2.43 bits per heavy atom. The predicted molar refractivity (Wildman–Crippen MR) is 108 cm³/mol. The van der Waals surface area contributed by atoms with E-state index in [0.717, 1.165) is 0 Å². The third kappa shape index (κ3) is 3.98. The number of hydrogen-bond donors (Lipinski definition) is 2. The highest BCUT2D eigenvalue weighted by Crippen LogP contribution is 2.33. The molecular formula is C19H20ClN3O4S. The van der Waals surface area contributed by atoms with Crippen LogP contribution in [0.2, 0.25) is 5.02 Å². The maximum absolute atomic E-state index is 12.7. The number of hydrogen-bond acceptors (Lipinski definition) is 4. The van der Waals surface area contributed by atoms with Crippen molar-refractivity contribution in [2.45, 2.75) is 25.2 Å². The van der Waals surface area contributed by atoms with Crippen LogP contribution in [0.1, 0.15) is 29.8 Å². The zero-order chi connectivity index (χ0) is 20.5. The summed E-state index contributed by atoms with van der Waals surface area (Å²) < 4.78 is 28.0. The molecule has 2 aromatic rings. The highest BCUT2D eigenvalue weighted by molar-refractivity contribution is 7.92. The average molecular weight is 422 g/mol. The monoisotopic (exact) mass is 421 g/mol. The molecule has 28 heavy (non-hydrogen) atoms. The number of halogens is 1. The van der Waals surface area contributed by atoms with E-state index in [2.05, 4.69) is 10.0 Å². The van der Waals surface area contributed by atoms with Gasteiger partial charge in [0.2, 0.25) is 5.91 Å². The van der Waals surface area contributed by atoms with E-state index in [9.17, 15) is 18.0 Å². The molecule has 0 fully saturated rings. The zero-order valence-corrected chi connectivity index (χ0v) is 17.0. The second kappa shape index (κ2) is 7.81. The van der Waals surface area contributed by atoms with Gasteiger partial charge in [0.25, 0.3) is 15.9 Å². The molecule has 0 spiro atoms. The van der Waals surface area contributed by atoms with Gasteiger partial charge in [-0.25, -0.2) is 8.42 Å². The van der Waals surface area contributed by atoms with E-state index in [-0.39, 0.29) is 28.2 Å². The first-order valence-electron chi connectivity index (χ1n) is 8.79. The second-order valence-corrected chi connectivity index (χ2v) is 8.38. The number of sulfonamides is 1. The highest BCUT2D eigenvalue weighted by atomic mass is 35.5. The Bertz CT molecular complexity index is 1030. The van der Waals surface area contributed by atoms with Gasteiger partial charge >= 0.3 is 0 Å². The fourth-order valence-electron chi connectivity index (χ4n) is 3.02. The van der Waals surface area contributed by atoms with E-state index < -0.39 is 10.0 Å². The maximum atomic E-state index is 12.7. The summed E-state index contributed by atoms with van der Waals surface area (Å²) in [7, 11) is -3.96. The minimum atomic E-state index is -3.96. The molecule has 2 N–H and O–H groups in total. The lowest BCUT2D eigenvalue weighted by atomic mass is 10.2. The molecule has 2 aromatic carbocycles. The van der Waals surface area contributed by atoms with Crippen molar-refractivity contribution < 1.29 is 18.0 Å². The third-order valence-corrected chi connectivity index (χ3v) is 6.35. The van der Waals surface area contributed by atoms with Crippen molar-refractivity contribution in [2.75, 3.05) is 23.1 Å². The number of nitrogens with one attached hydrogen (secondary N) is 2. The summed E-state index contributed by atoms with van der Waals surface area (Å²) >= 11 is 6.12. The Balaban J connectivity index is 1.83. The Morgan fingerprint density at radius 2 is 1.82 bits per heavy atom. The smallest absolute Gasteiger partial charge is 0.263 e. The quantitative estimate of drug-likeness (QED) is 0.749. The molecular weight excluding hydrogens is 402 g/mol. The van der Waals surface area contributed by atoms with Gasteiger partial charge in [-0.15, -0.1) is 0 Å². The van der Waals surface area contributed by atoms with E-state index in [0.29, 0.717) is 35.6 Å². The second-order valence-electron chi connectivity index (χ2n) is 6.33. The fraction of sp³-hybridized carbons (Fsp3) is 0.263. The molecule has 2 amide bonds. The first-order valence-corrected chi connectivity index (χ1v) is 10.7. The van der Waals surface area contributed by atoms with Crippen molar-refractivity contribution >= 4 is 44.8 Å². The lowest BCUT2D eigenvalue weighted by molar-refractivity contribution is -0.115.